The summed E-state index contributed by atoms with van der Waals surface area (Å²) in [6.07, 6.45) is 0.304. The molecular weight excluding hydrogens is 354 g/mol. The molecule has 28 heavy (non-hydrogen) atoms. The first kappa shape index (κ1) is 19.8. The third-order valence-corrected chi connectivity index (χ3v) is 4.56. The summed E-state index contributed by atoms with van der Waals surface area (Å²) in [5, 5.41) is 14.4. The molecule has 1 aromatic carbocycles. The number of anilines is 1. The molecule has 0 aliphatic rings. The van der Waals surface area contributed by atoms with Gasteiger partial charge < -0.3 is 11.1 Å². The molecule has 1 amide bonds. The van der Waals surface area contributed by atoms with Crippen molar-refractivity contribution < 1.29 is 4.79 Å². The minimum Gasteiger partial charge on any atom is -0.326 e. The lowest BCUT2D eigenvalue weighted by Crippen LogP contribution is -2.15. The van der Waals surface area contributed by atoms with Gasteiger partial charge in [-0.3, -0.25) is 14.6 Å². The molecule has 8 heteroatoms. The Morgan fingerprint density at radius 1 is 1.25 bits per heavy atom. The summed E-state index contributed by atoms with van der Waals surface area (Å²) >= 11 is 0. The number of amides is 1. The molecule has 2 heterocycles. The fourth-order valence-electron chi connectivity index (χ4n) is 3.10. The second-order valence-electron chi connectivity index (χ2n) is 7.34. The van der Waals surface area contributed by atoms with E-state index < -0.39 is 0 Å². The SMILES string of the molecule is Cc1nn(CC(C)C)c(C)c1CC(=O)Nc1ccc(-c2n[nH]c(CN)n2)cc1. The highest BCUT2D eigenvalue weighted by atomic mass is 16.1. The van der Waals surface area contributed by atoms with E-state index in [1.165, 1.54) is 0 Å². The summed E-state index contributed by atoms with van der Waals surface area (Å²) in [5.74, 6) is 1.66. The average Bonchev–Trinajstić information content (AvgIpc) is 3.23. The average molecular weight is 381 g/mol. The van der Waals surface area contributed by atoms with E-state index in [1.807, 2.05) is 42.8 Å². The van der Waals surface area contributed by atoms with Gasteiger partial charge in [0.25, 0.3) is 0 Å². The third-order valence-electron chi connectivity index (χ3n) is 4.56. The van der Waals surface area contributed by atoms with Crippen LogP contribution in [0.4, 0.5) is 5.69 Å². The minimum atomic E-state index is -0.0636. The maximum absolute atomic E-state index is 12.5. The van der Waals surface area contributed by atoms with Crippen LogP contribution < -0.4 is 11.1 Å². The summed E-state index contributed by atoms with van der Waals surface area (Å²) in [5.41, 5.74) is 10.1. The van der Waals surface area contributed by atoms with Gasteiger partial charge in [0.05, 0.1) is 18.7 Å². The van der Waals surface area contributed by atoms with Crippen LogP contribution in [0.25, 0.3) is 11.4 Å². The molecule has 4 N–H and O–H groups in total. The lowest BCUT2D eigenvalue weighted by Gasteiger charge is -2.08. The molecule has 0 radical (unpaired) electrons. The van der Waals surface area contributed by atoms with Crippen LogP contribution in [0.5, 0.6) is 0 Å². The molecule has 0 atom stereocenters. The molecule has 2 aromatic heterocycles. The number of aryl methyl sites for hydroxylation is 1. The molecule has 0 fully saturated rings. The minimum absolute atomic E-state index is 0.0636. The van der Waals surface area contributed by atoms with Gasteiger partial charge in [-0.25, -0.2) is 4.98 Å². The van der Waals surface area contributed by atoms with E-state index >= 15 is 0 Å². The van der Waals surface area contributed by atoms with Crippen LogP contribution in [-0.4, -0.2) is 30.9 Å². The zero-order valence-electron chi connectivity index (χ0n) is 16.8. The standard InChI is InChI=1S/C20H27N7O/c1-12(2)11-27-14(4)17(13(3)26-27)9-19(28)22-16-7-5-15(6-8-16)20-23-18(10-21)24-25-20/h5-8,12H,9-11,21H2,1-4H3,(H,22,28)(H,23,24,25). The Bertz CT molecular complexity index is 954. The molecule has 0 spiro atoms. The number of carbonyl (C=O) groups is 1. The largest absolute Gasteiger partial charge is 0.326 e. The molecular formula is C20H27N7O. The van der Waals surface area contributed by atoms with Crippen molar-refractivity contribution in [3.63, 3.8) is 0 Å². The fourth-order valence-corrected chi connectivity index (χ4v) is 3.10. The monoisotopic (exact) mass is 381 g/mol. The summed E-state index contributed by atoms with van der Waals surface area (Å²) in [6, 6.07) is 7.42. The zero-order valence-corrected chi connectivity index (χ0v) is 16.8. The van der Waals surface area contributed by atoms with Crippen LogP contribution in [0.1, 0.15) is 36.6 Å². The van der Waals surface area contributed by atoms with Crippen molar-refractivity contribution >= 4 is 11.6 Å². The quantitative estimate of drug-likeness (QED) is 0.582. The Morgan fingerprint density at radius 2 is 1.96 bits per heavy atom. The molecule has 8 nitrogen and oxygen atoms in total. The normalized spacial score (nSPS) is 11.2. The van der Waals surface area contributed by atoms with Gasteiger partial charge in [-0.1, -0.05) is 13.8 Å². The molecule has 0 saturated heterocycles. The number of aromatic amines is 1. The van der Waals surface area contributed by atoms with E-state index in [0.29, 0.717) is 30.5 Å². The van der Waals surface area contributed by atoms with Crippen molar-refractivity contribution in [3.05, 3.63) is 47.0 Å². The molecule has 3 rings (SSSR count). The number of nitrogens with one attached hydrogen (secondary N) is 2. The first-order valence-corrected chi connectivity index (χ1v) is 9.42. The Balaban J connectivity index is 1.66. The van der Waals surface area contributed by atoms with Crippen molar-refractivity contribution in [2.75, 3.05) is 5.32 Å². The van der Waals surface area contributed by atoms with Gasteiger partial charge in [-0.2, -0.15) is 10.2 Å². The van der Waals surface area contributed by atoms with Crippen LogP contribution in [0.2, 0.25) is 0 Å². The maximum Gasteiger partial charge on any atom is 0.228 e. The van der Waals surface area contributed by atoms with Crippen LogP contribution >= 0.6 is 0 Å². The molecule has 0 saturated carbocycles. The van der Waals surface area contributed by atoms with Crippen molar-refractivity contribution in [2.45, 2.75) is 47.2 Å². The van der Waals surface area contributed by atoms with Gasteiger partial charge in [0.15, 0.2) is 5.82 Å². The molecule has 3 aromatic rings. The van der Waals surface area contributed by atoms with Gasteiger partial charge in [-0.15, -0.1) is 0 Å². The van der Waals surface area contributed by atoms with Gasteiger partial charge in [0.2, 0.25) is 5.91 Å². The van der Waals surface area contributed by atoms with Crippen molar-refractivity contribution in [3.8, 4) is 11.4 Å². The van der Waals surface area contributed by atoms with Crippen molar-refractivity contribution in [1.82, 2.24) is 25.0 Å². The summed E-state index contributed by atoms with van der Waals surface area (Å²) in [6.45, 7) is 9.44. The van der Waals surface area contributed by atoms with Gasteiger partial charge in [0.1, 0.15) is 5.82 Å². The number of aromatic nitrogens is 5. The first-order chi connectivity index (χ1) is 13.4. The van der Waals surface area contributed by atoms with Gasteiger partial charge >= 0.3 is 0 Å². The third kappa shape index (κ3) is 4.45. The van der Waals surface area contributed by atoms with Gasteiger partial charge in [0, 0.05) is 29.1 Å². The number of hydrogen-bond donors (Lipinski definition) is 3. The molecule has 148 valence electrons. The number of benzene rings is 1. The predicted octanol–water partition coefficient (Wildman–Crippen LogP) is 2.58. The van der Waals surface area contributed by atoms with E-state index in [1.54, 1.807) is 0 Å². The van der Waals surface area contributed by atoms with E-state index in [-0.39, 0.29) is 5.91 Å². The smallest absolute Gasteiger partial charge is 0.228 e. The highest BCUT2D eigenvalue weighted by Gasteiger charge is 2.16. The van der Waals surface area contributed by atoms with E-state index in [4.69, 9.17) is 5.73 Å². The molecule has 0 bridgehead atoms. The number of nitrogens with two attached hydrogens (primary N) is 1. The second-order valence-corrected chi connectivity index (χ2v) is 7.34. The molecule has 0 aliphatic heterocycles. The van der Waals surface area contributed by atoms with Crippen molar-refractivity contribution in [2.24, 2.45) is 11.7 Å². The number of hydrogen-bond acceptors (Lipinski definition) is 5. The number of carbonyl (C=O) groups excluding carboxylic acids is 1. The number of H-pyrrole nitrogens is 1. The lowest BCUT2D eigenvalue weighted by atomic mass is 10.1. The topological polar surface area (TPSA) is 115 Å². The van der Waals surface area contributed by atoms with E-state index in [2.05, 4.69) is 39.4 Å². The van der Waals surface area contributed by atoms with Crippen LogP contribution in [0, 0.1) is 19.8 Å². The predicted molar refractivity (Wildman–Crippen MR) is 109 cm³/mol. The Kier molecular flexibility index (Phi) is 5.89. The molecule has 0 unspecified atom stereocenters. The van der Waals surface area contributed by atoms with Gasteiger partial charge in [-0.05, 0) is 44.0 Å². The highest BCUT2D eigenvalue weighted by molar-refractivity contribution is 5.92. The Hall–Kier alpha value is -3.00. The Labute approximate surface area is 164 Å². The lowest BCUT2D eigenvalue weighted by molar-refractivity contribution is -0.115. The molecule has 0 aliphatic carbocycles. The summed E-state index contributed by atoms with van der Waals surface area (Å²) in [7, 11) is 0. The van der Waals surface area contributed by atoms with Crippen molar-refractivity contribution in [1.29, 1.82) is 0 Å². The summed E-state index contributed by atoms with van der Waals surface area (Å²) in [4.78, 5) is 16.8. The van der Waals surface area contributed by atoms with Crippen LogP contribution in [-0.2, 0) is 24.3 Å². The number of nitrogens with zero attached hydrogens (tertiary/aromatic N) is 4. The second kappa shape index (κ2) is 8.35. The number of rotatable bonds is 7. The maximum atomic E-state index is 12.5. The fraction of sp³-hybridized carbons (Fsp3) is 0.400. The summed E-state index contributed by atoms with van der Waals surface area (Å²) < 4.78 is 1.99. The van der Waals surface area contributed by atoms with E-state index in [9.17, 15) is 4.79 Å². The Morgan fingerprint density at radius 3 is 2.57 bits per heavy atom. The van der Waals surface area contributed by atoms with Crippen LogP contribution in [0.3, 0.4) is 0 Å². The zero-order chi connectivity index (χ0) is 20.3. The highest BCUT2D eigenvalue weighted by Crippen LogP contribution is 2.19. The van der Waals surface area contributed by atoms with E-state index in [0.717, 1.165) is 34.7 Å². The van der Waals surface area contributed by atoms with Crippen LogP contribution in [0.15, 0.2) is 24.3 Å². The first-order valence-electron chi connectivity index (χ1n) is 9.42.